The van der Waals surface area contributed by atoms with Crippen LogP contribution in [0, 0.1) is 0 Å². The van der Waals surface area contributed by atoms with Crippen LogP contribution in [0.15, 0.2) is 24.3 Å². The van der Waals surface area contributed by atoms with E-state index in [0.717, 1.165) is 51.4 Å². The van der Waals surface area contributed by atoms with Gasteiger partial charge in [0, 0.05) is 12.8 Å². The number of rotatable bonds is 46. The van der Waals surface area contributed by atoms with Crippen LogP contribution in [-0.2, 0) is 33.3 Å². The molecule has 0 aromatic carbocycles. The number of hydrogen-bond donors (Lipinski definition) is 4. The van der Waals surface area contributed by atoms with Crippen LogP contribution in [0.3, 0.4) is 0 Å². The highest BCUT2D eigenvalue weighted by Gasteiger charge is 2.47. The standard InChI is InChI=1S/C54H98O11/c1-3-5-7-9-11-13-15-17-19-21-23-24-25-27-29-31-33-35-37-39-41-43-48(56)64-46(45-63-54-51(59)49(57)50(58)52(65-54)53(60)61)44-62-47(55)42-40-38-36-34-32-30-28-26-22-20-18-16-14-12-10-8-6-4-2/h14,16,20,22,46,49-52,54,57-59H,3-13,15,17-19,21,23-45H2,1-2H3,(H,60,61)/b16-14-,22-20-. The van der Waals surface area contributed by atoms with Gasteiger partial charge in [0.15, 0.2) is 18.5 Å². The summed E-state index contributed by atoms with van der Waals surface area (Å²) in [7, 11) is 0. The van der Waals surface area contributed by atoms with Gasteiger partial charge < -0.3 is 39.4 Å². The van der Waals surface area contributed by atoms with Crippen molar-refractivity contribution < 1.29 is 53.8 Å². The second-order valence-electron chi connectivity index (χ2n) is 18.7. The molecule has 0 aromatic heterocycles. The van der Waals surface area contributed by atoms with Crippen LogP contribution in [0.4, 0.5) is 0 Å². The van der Waals surface area contributed by atoms with E-state index >= 15 is 0 Å². The van der Waals surface area contributed by atoms with Crippen LogP contribution < -0.4 is 0 Å². The van der Waals surface area contributed by atoms with Gasteiger partial charge in [-0.25, -0.2) is 4.79 Å². The van der Waals surface area contributed by atoms with Crippen molar-refractivity contribution in [3.8, 4) is 0 Å². The molecule has 11 heteroatoms. The number of aliphatic hydroxyl groups is 3. The minimum atomic E-state index is -1.86. The Morgan fingerprint density at radius 3 is 1.29 bits per heavy atom. The first kappa shape index (κ1) is 60.7. The molecule has 1 saturated heterocycles. The second kappa shape index (κ2) is 44.2. The van der Waals surface area contributed by atoms with E-state index in [1.807, 2.05) is 0 Å². The van der Waals surface area contributed by atoms with E-state index in [2.05, 4.69) is 38.2 Å². The van der Waals surface area contributed by atoms with Crippen molar-refractivity contribution in [3.05, 3.63) is 24.3 Å². The number of carboxylic acid groups (broad SMARTS) is 1. The Morgan fingerprint density at radius 1 is 0.477 bits per heavy atom. The summed E-state index contributed by atoms with van der Waals surface area (Å²) in [6, 6.07) is 0. The van der Waals surface area contributed by atoms with Gasteiger partial charge in [0.1, 0.15) is 24.9 Å². The van der Waals surface area contributed by atoms with Crippen LogP contribution in [0.1, 0.15) is 251 Å². The molecular weight excluding hydrogens is 825 g/mol. The number of esters is 2. The number of aliphatic hydroxyl groups excluding tert-OH is 3. The van der Waals surface area contributed by atoms with Gasteiger partial charge in [0.05, 0.1) is 6.61 Å². The van der Waals surface area contributed by atoms with Crippen LogP contribution in [-0.4, -0.2) is 88.4 Å². The monoisotopic (exact) mass is 923 g/mol. The minimum absolute atomic E-state index is 0.186. The largest absolute Gasteiger partial charge is 0.479 e. The van der Waals surface area contributed by atoms with Gasteiger partial charge in [-0.15, -0.1) is 0 Å². The fourth-order valence-corrected chi connectivity index (χ4v) is 8.32. The van der Waals surface area contributed by atoms with E-state index in [1.54, 1.807) is 0 Å². The highest BCUT2D eigenvalue weighted by molar-refractivity contribution is 5.73. The zero-order valence-corrected chi connectivity index (χ0v) is 41.5. The molecule has 1 heterocycles. The highest BCUT2D eigenvalue weighted by atomic mass is 16.7. The average Bonchev–Trinajstić information content (AvgIpc) is 3.29. The van der Waals surface area contributed by atoms with Crippen molar-refractivity contribution in [1.29, 1.82) is 0 Å². The predicted octanol–water partition coefficient (Wildman–Crippen LogP) is 12.9. The molecule has 65 heavy (non-hydrogen) atoms. The molecule has 0 amide bonds. The Hall–Kier alpha value is -2.31. The van der Waals surface area contributed by atoms with E-state index in [9.17, 15) is 34.8 Å². The Balaban J connectivity index is 2.27. The number of hydrogen-bond acceptors (Lipinski definition) is 10. The Kier molecular flexibility index (Phi) is 41.3. The third-order valence-corrected chi connectivity index (χ3v) is 12.6. The molecular formula is C54H98O11. The minimum Gasteiger partial charge on any atom is -0.479 e. The molecule has 4 N–H and O–H groups in total. The fourth-order valence-electron chi connectivity index (χ4n) is 8.32. The number of carbonyl (C=O) groups excluding carboxylic acids is 2. The molecule has 1 rings (SSSR count). The lowest BCUT2D eigenvalue weighted by molar-refractivity contribution is -0.298. The van der Waals surface area contributed by atoms with Gasteiger partial charge in [-0.3, -0.25) is 9.59 Å². The summed E-state index contributed by atoms with van der Waals surface area (Å²) in [6.45, 7) is 3.84. The summed E-state index contributed by atoms with van der Waals surface area (Å²) in [5.74, 6) is -2.44. The SMILES string of the molecule is CCCCCC/C=C\C/C=C\CCCCCCCCCC(=O)OCC(COC1OC(C(=O)O)C(O)C(O)C1O)OC(=O)CCCCCCCCCCCCCCCCCCCCCCC. The fraction of sp³-hybridized carbons (Fsp3) is 0.870. The first-order chi connectivity index (χ1) is 31.7. The molecule has 380 valence electrons. The molecule has 0 bridgehead atoms. The summed E-state index contributed by atoms with van der Waals surface area (Å²) in [5.41, 5.74) is 0. The lowest BCUT2D eigenvalue weighted by Gasteiger charge is -2.38. The molecule has 1 aliphatic rings. The van der Waals surface area contributed by atoms with Crippen LogP contribution in [0.25, 0.3) is 0 Å². The number of unbranched alkanes of at least 4 members (excludes halogenated alkanes) is 31. The number of aliphatic carboxylic acids is 1. The molecule has 0 aliphatic carbocycles. The quantitative estimate of drug-likeness (QED) is 0.0260. The van der Waals surface area contributed by atoms with Crippen LogP contribution in [0.5, 0.6) is 0 Å². The summed E-state index contributed by atoms with van der Waals surface area (Å²) in [4.78, 5) is 37.0. The highest BCUT2D eigenvalue weighted by Crippen LogP contribution is 2.23. The van der Waals surface area contributed by atoms with Gasteiger partial charge in [0.2, 0.25) is 0 Å². The Labute approximate surface area is 396 Å². The molecule has 0 aromatic rings. The zero-order chi connectivity index (χ0) is 47.4. The van der Waals surface area contributed by atoms with Gasteiger partial charge in [0.25, 0.3) is 0 Å². The van der Waals surface area contributed by atoms with Gasteiger partial charge >= 0.3 is 17.9 Å². The normalized spacial score (nSPS) is 19.3. The van der Waals surface area contributed by atoms with E-state index in [4.69, 9.17) is 18.9 Å². The van der Waals surface area contributed by atoms with E-state index in [-0.39, 0.29) is 26.1 Å². The summed E-state index contributed by atoms with van der Waals surface area (Å²) >= 11 is 0. The van der Waals surface area contributed by atoms with Crippen molar-refractivity contribution in [2.24, 2.45) is 0 Å². The van der Waals surface area contributed by atoms with E-state index in [1.165, 1.54) is 161 Å². The lowest BCUT2D eigenvalue weighted by Crippen LogP contribution is -2.60. The van der Waals surface area contributed by atoms with Crippen molar-refractivity contribution in [2.45, 2.75) is 288 Å². The van der Waals surface area contributed by atoms with Crippen molar-refractivity contribution in [3.63, 3.8) is 0 Å². The Morgan fingerprint density at radius 2 is 0.862 bits per heavy atom. The van der Waals surface area contributed by atoms with Gasteiger partial charge in [-0.2, -0.15) is 0 Å². The molecule has 6 atom stereocenters. The molecule has 0 radical (unpaired) electrons. The maximum atomic E-state index is 12.8. The van der Waals surface area contributed by atoms with Crippen LogP contribution in [0.2, 0.25) is 0 Å². The second-order valence-corrected chi connectivity index (χ2v) is 18.7. The molecule has 0 spiro atoms. The van der Waals surface area contributed by atoms with Gasteiger partial charge in [-0.1, -0.05) is 218 Å². The van der Waals surface area contributed by atoms with Crippen LogP contribution >= 0.6 is 0 Å². The number of carbonyl (C=O) groups is 3. The molecule has 6 unspecified atom stereocenters. The smallest absolute Gasteiger partial charge is 0.335 e. The van der Waals surface area contributed by atoms with E-state index < -0.39 is 54.7 Å². The predicted molar refractivity (Wildman–Crippen MR) is 262 cm³/mol. The zero-order valence-electron chi connectivity index (χ0n) is 41.5. The maximum absolute atomic E-state index is 12.8. The third kappa shape index (κ3) is 35.5. The molecule has 0 saturated carbocycles. The number of ether oxygens (including phenoxy) is 4. The molecule has 11 nitrogen and oxygen atoms in total. The third-order valence-electron chi connectivity index (χ3n) is 12.6. The van der Waals surface area contributed by atoms with Crippen molar-refractivity contribution in [2.75, 3.05) is 13.2 Å². The summed E-state index contributed by atoms with van der Waals surface area (Å²) in [6.07, 6.45) is 42.3. The topological polar surface area (TPSA) is 169 Å². The first-order valence-electron chi connectivity index (χ1n) is 26.9. The molecule has 1 fully saturated rings. The summed E-state index contributed by atoms with van der Waals surface area (Å²) < 4.78 is 21.9. The lowest BCUT2D eigenvalue weighted by atomic mass is 9.99. The number of allylic oxidation sites excluding steroid dienone is 4. The first-order valence-corrected chi connectivity index (χ1v) is 26.9. The van der Waals surface area contributed by atoms with Crippen molar-refractivity contribution >= 4 is 17.9 Å². The summed E-state index contributed by atoms with van der Waals surface area (Å²) in [5, 5.41) is 40.0. The average molecular weight is 923 g/mol. The van der Waals surface area contributed by atoms with Gasteiger partial charge in [-0.05, 0) is 44.9 Å². The molecule has 1 aliphatic heterocycles. The van der Waals surface area contributed by atoms with E-state index in [0.29, 0.717) is 12.8 Å². The Bertz CT molecular complexity index is 1180. The number of carboxylic acids is 1. The maximum Gasteiger partial charge on any atom is 0.335 e. The van der Waals surface area contributed by atoms with Crippen molar-refractivity contribution in [1.82, 2.24) is 0 Å².